The van der Waals surface area contributed by atoms with Gasteiger partial charge in [-0.2, -0.15) is 0 Å². The molecular formula is C25H21NO2. The number of benzene rings is 3. The number of hydrogen-bond acceptors (Lipinski definition) is 2. The highest BCUT2D eigenvalue weighted by atomic mass is 16.5. The zero-order valence-corrected chi connectivity index (χ0v) is 15.5. The lowest BCUT2D eigenvalue weighted by Gasteiger charge is -2.14. The van der Waals surface area contributed by atoms with Crippen molar-refractivity contribution in [1.82, 2.24) is 5.32 Å². The van der Waals surface area contributed by atoms with Crippen LogP contribution in [0, 0.1) is 11.8 Å². The Morgan fingerprint density at radius 3 is 2.14 bits per heavy atom. The molecule has 0 spiro atoms. The molecule has 0 heterocycles. The zero-order chi connectivity index (χ0) is 19.2. The molecule has 4 rings (SSSR count). The van der Waals surface area contributed by atoms with E-state index >= 15 is 0 Å². The number of nitrogens with one attached hydrogen (secondary N) is 1. The number of ether oxygens (including phenoxy) is 1. The molecular weight excluding hydrogens is 346 g/mol. The fraction of sp³-hybridized carbons (Fsp3) is 0.160. The van der Waals surface area contributed by atoms with Crippen LogP contribution >= 0.6 is 0 Å². The largest absolute Gasteiger partial charge is 0.449 e. The van der Waals surface area contributed by atoms with Gasteiger partial charge in [0.1, 0.15) is 6.61 Å². The molecule has 3 heteroatoms. The van der Waals surface area contributed by atoms with Gasteiger partial charge in [-0.05, 0) is 34.4 Å². The Balaban J connectivity index is 1.30. The normalized spacial score (nSPS) is 11.7. The van der Waals surface area contributed by atoms with Gasteiger partial charge in [0, 0.05) is 24.4 Å². The van der Waals surface area contributed by atoms with E-state index in [1.807, 2.05) is 54.6 Å². The first-order chi connectivity index (χ1) is 13.8. The third kappa shape index (κ3) is 3.92. The number of rotatable bonds is 4. The Morgan fingerprint density at radius 1 is 0.857 bits per heavy atom. The highest BCUT2D eigenvalue weighted by Crippen LogP contribution is 2.44. The van der Waals surface area contributed by atoms with Crippen LogP contribution < -0.4 is 5.32 Å². The van der Waals surface area contributed by atoms with Crippen molar-refractivity contribution in [2.75, 3.05) is 13.2 Å². The summed E-state index contributed by atoms with van der Waals surface area (Å²) in [6.45, 7) is 0.798. The van der Waals surface area contributed by atoms with E-state index in [0.29, 0.717) is 19.6 Å². The molecule has 0 atom stereocenters. The Morgan fingerprint density at radius 2 is 1.46 bits per heavy atom. The summed E-state index contributed by atoms with van der Waals surface area (Å²) in [4.78, 5) is 12.1. The molecule has 0 aliphatic heterocycles. The van der Waals surface area contributed by atoms with Crippen molar-refractivity contribution in [3.8, 4) is 23.0 Å². The summed E-state index contributed by atoms with van der Waals surface area (Å²) in [5, 5.41) is 2.78. The molecule has 0 aromatic heterocycles. The molecule has 0 saturated carbocycles. The topological polar surface area (TPSA) is 38.3 Å². The van der Waals surface area contributed by atoms with Gasteiger partial charge in [-0.15, -0.1) is 0 Å². The van der Waals surface area contributed by atoms with Crippen molar-refractivity contribution in [3.63, 3.8) is 0 Å². The maximum Gasteiger partial charge on any atom is 0.407 e. The van der Waals surface area contributed by atoms with E-state index in [1.54, 1.807) is 0 Å². The smallest absolute Gasteiger partial charge is 0.407 e. The fourth-order valence-corrected chi connectivity index (χ4v) is 3.56. The first kappa shape index (κ1) is 17.9. The molecule has 3 nitrogen and oxygen atoms in total. The van der Waals surface area contributed by atoms with Crippen molar-refractivity contribution in [2.45, 2.75) is 12.3 Å². The van der Waals surface area contributed by atoms with E-state index in [4.69, 9.17) is 4.74 Å². The molecule has 0 unspecified atom stereocenters. The van der Waals surface area contributed by atoms with E-state index in [1.165, 1.54) is 22.3 Å². The molecule has 138 valence electrons. The molecule has 1 amide bonds. The van der Waals surface area contributed by atoms with Gasteiger partial charge < -0.3 is 10.1 Å². The Labute approximate surface area is 165 Å². The molecule has 3 aromatic rings. The van der Waals surface area contributed by atoms with Crippen LogP contribution in [0.1, 0.15) is 29.0 Å². The summed E-state index contributed by atoms with van der Waals surface area (Å²) in [6, 6.07) is 26.4. The van der Waals surface area contributed by atoms with Crippen LogP contribution in [0.5, 0.6) is 0 Å². The summed E-state index contributed by atoms with van der Waals surface area (Å²) in [5.41, 5.74) is 5.85. The van der Waals surface area contributed by atoms with Gasteiger partial charge in [-0.25, -0.2) is 4.79 Å². The highest BCUT2D eigenvalue weighted by Gasteiger charge is 2.28. The highest BCUT2D eigenvalue weighted by molar-refractivity contribution is 5.79. The number of carbonyl (C=O) groups excluding carboxylic acids is 1. The van der Waals surface area contributed by atoms with Crippen LogP contribution in [0.2, 0.25) is 0 Å². The second-order valence-electron chi connectivity index (χ2n) is 6.67. The zero-order valence-electron chi connectivity index (χ0n) is 15.5. The standard InChI is InChI=1S/C25H21NO2/c27-25(26-17-9-8-12-19-10-2-1-3-11-19)28-18-24-22-15-6-4-13-20(22)21-14-5-7-16-23(21)24/h1-7,10-11,13-16,24H,9,17-18H2,(H,26,27). The summed E-state index contributed by atoms with van der Waals surface area (Å²) < 4.78 is 5.51. The van der Waals surface area contributed by atoms with Gasteiger partial charge in [-0.3, -0.25) is 0 Å². The van der Waals surface area contributed by atoms with Crippen LogP contribution in [0.4, 0.5) is 4.79 Å². The average Bonchev–Trinajstić information content (AvgIpc) is 3.07. The first-order valence-electron chi connectivity index (χ1n) is 9.46. The molecule has 3 aromatic carbocycles. The molecule has 28 heavy (non-hydrogen) atoms. The SMILES string of the molecule is O=C(NCCC#Cc1ccccc1)OCC1c2ccccc2-c2ccccc21. The molecule has 0 fully saturated rings. The second kappa shape index (κ2) is 8.45. The van der Waals surface area contributed by atoms with E-state index in [0.717, 1.165) is 5.56 Å². The van der Waals surface area contributed by atoms with E-state index < -0.39 is 6.09 Å². The maximum atomic E-state index is 12.1. The summed E-state index contributed by atoms with van der Waals surface area (Å²) >= 11 is 0. The molecule has 1 aliphatic rings. The van der Waals surface area contributed by atoms with Gasteiger partial charge in [0.05, 0.1) is 0 Å². The quantitative estimate of drug-likeness (QED) is 0.522. The minimum Gasteiger partial charge on any atom is -0.449 e. The van der Waals surface area contributed by atoms with Crippen LogP contribution in [-0.2, 0) is 4.74 Å². The van der Waals surface area contributed by atoms with Crippen molar-refractivity contribution < 1.29 is 9.53 Å². The Bertz CT molecular complexity index is 985. The van der Waals surface area contributed by atoms with E-state index in [-0.39, 0.29) is 5.92 Å². The van der Waals surface area contributed by atoms with Crippen LogP contribution in [0.15, 0.2) is 78.9 Å². The number of carbonyl (C=O) groups is 1. The van der Waals surface area contributed by atoms with Crippen molar-refractivity contribution in [1.29, 1.82) is 0 Å². The third-order valence-electron chi connectivity index (χ3n) is 4.87. The second-order valence-corrected chi connectivity index (χ2v) is 6.67. The summed E-state index contributed by atoms with van der Waals surface area (Å²) in [5.74, 6) is 6.21. The van der Waals surface area contributed by atoms with Gasteiger partial charge >= 0.3 is 6.09 Å². The van der Waals surface area contributed by atoms with E-state index in [2.05, 4.69) is 41.4 Å². The lowest BCUT2D eigenvalue weighted by atomic mass is 9.98. The van der Waals surface area contributed by atoms with Gasteiger partial charge in [0.2, 0.25) is 0 Å². The minimum absolute atomic E-state index is 0.0797. The van der Waals surface area contributed by atoms with Crippen molar-refractivity contribution in [2.24, 2.45) is 0 Å². The summed E-state index contributed by atoms with van der Waals surface area (Å²) in [6.07, 6.45) is 0.183. The van der Waals surface area contributed by atoms with Gasteiger partial charge in [-0.1, -0.05) is 78.6 Å². The number of fused-ring (bicyclic) bond motifs is 3. The summed E-state index contributed by atoms with van der Waals surface area (Å²) in [7, 11) is 0. The predicted molar refractivity (Wildman–Crippen MR) is 111 cm³/mol. The van der Waals surface area contributed by atoms with Crippen LogP contribution in [0.25, 0.3) is 11.1 Å². The van der Waals surface area contributed by atoms with Crippen LogP contribution in [0.3, 0.4) is 0 Å². The van der Waals surface area contributed by atoms with E-state index in [9.17, 15) is 4.79 Å². The lowest BCUT2D eigenvalue weighted by molar-refractivity contribution is 0.143. The van der Waals surface area contributed by atoms with Crippen molar-refractivity contribution in [3.05, 3.63) is 95.6 Å². The first-order valence-corrected chi connectivity index (χ1v) is 9.46. The average molecular weight is 367 g/mol. The Hall–Kier alpha value is -3.51. The molecule has 0 saturated heterocycles. The Kier molecular flexibility index (Phi) is 5.40. The van der Waals surface area contributed by atoms with Gasteiger partial charge in [0.15, 0.2) is 0 Å². The number of amides is 1. The minimum atomic E-state index is -0.400. The van der Waals surface area contributed by atoms with Gasteiger partial charge in [0.25, 0.3) is 0 Å². The number of alkyl carbamates (subject to hydrolysis) is 1. The van der Waals surface area contributed by atoms with Crippen LogP contribution in [-0.4, -0.2) is 19.2 Å². The molecule has 0 bridgehead atoms. The third-order valence-corrected chi connectivity index (χ3v) is 4.87. The fourth-order valence-electron chi connectivity index (χ4n) is 3.56. The molecule has 1 N–H and O–H groups in total. The maximum absolute atomic E-state index is 12.1. The molecule has 0 radical (unpaired) electrons. The lowest BCUT2D eigenvalue weighted by Crippen LogP contribution is -2.26. The number of hydrogen-bond donors (Lipinski definition) is 1. The van der Waals surface area contributed by atoms with Crippen molar-refractivity contribution >= 4 is 6.09 Å². The molecule has 1 aliphatic carbocycles. The monoisotopic (exact) mass is 367 g/mol. The predicted octanol–water partition coefficient (Wildman–Crippen LogP) is 4.97.